The van der Waals surface area contributed by atoms with Gasteiger partial charge in [-0.1, -0.05) is 23.8 Å². The summed E-state index contributed by atoms with van der Waals surface area (Å²) >= 11 is 0. The molecule has 5 nitrogen and oxygen atoms in total. The molecule has 2 aromatic carbocycles. The molecule has 6 heteroatoms. The van der Waals surface area contributed by atoms with Crippen LogP contribution in [-0.2, 0) is 10.0 Å². The van der Waals surface area contributed by atoms with E-state index in [4.69, 9.17) is 9.47 Å². The lowest BCUT2D eigenvalue weighted by molar-refractivity contribution is 0.171. The van der Waals surface area contributed by atoms with E-state index >= 15 is 0 Å². The summed E-state index contributed by atoms with van der Waals surface area (Å²) in [5.74, 6) is 1.03. The van der Waals surface area contributed by atoms with Crippen molar-refractivity contribution in [2.75, 3.05) is 13.2 Å². The second-order valence-electron chi connectivity index (χ2n) is 6.01. The Labute approximate surface area is 142 Å². The van der Waals surface area contributed by atoms with Crippen molar-refractivity contribution in [3.8, 4) is 11.5 Å². The van der Waals surface area contributed by atoms with Crippen LogP contribution < -0.4 is 14.2 Å². The van der Waals surface area contributed by atoms with Crippen LogP contribution in [0.25, 0.3) is 0 Å². The fourth-order valence-electron chi connectivity index (χ4n) is 2.78. The predicted octanol–water partition coefficient (Wildman–Crippen LogP) is 3.11. The Bertz CT molecular complexity index is 861. The van der Waals surface area contributed by atoms with Crippen LogP contribution in [0.3, 0.4) is 0 Å². The summed E-state index contributed by atoms with van der Waals surface area (Å²) in [4.78, 5) is 0.170. The number of rotatable bonds is 4. The number of hydrogen-bond acceptors (Lipinski definition) is 4. The minimum Gasteiger partial charge on any atom is -0.486 e. The van der Waals surface area contributed by atoms with E-state index < -0.39 is 10.0 Å². The smallest absolute Gasteiger partial charge is 0.241 e. The highest BCUT2D eigenvalue weighted by Gasteiger charge is 2.22. The van der Waals surface area contributed by atoms with Crippen LogP contribution in [0.5, 0.6) is 11.5 Å². The van der Waals surface area contributed by atoms with Crippen LogP contribution in [0.1, 0.15) is 29.7 Å². The Balaban J connectivity index is 1.87. The van der Waals surface area contributed by atoms with Gasteiger partial charge in [0.1, 0.15) is 13.2 Å². The molecule has 128 valence electrons. The van der Waals surface area contributed by atoms with Crippen molar-refractivity contribution >= 4 is 10.0 Å². The molecule has 0 saturated heterocycles. The van der Waals surface area contributed by atoms with Crippen LogP contribution >= 0.6 is 0 Å². The third-order valence-electron chi connectivity index (χ3n) is 4.06. The molecule has 1 atom stereocenters. The van der Waals surface area contributed by atoms with Gasteiger partial charge in [0.05, 0.1) is 4.90 Å². The molecule has 3 rings (SSSR count). The molecule has 1 aliphatic heterocycles. The maximum Gasteiger partial charge on any atom is 0.241 e. The van der Waals surface area contributed by atoms with Crippen molar-refractivity contribution in [1.82, 2.24) is 4.72 Å². The fraction of sp³-hybridized carbons (Fsp3) is 0.333. The number of ether oxygens (including phenoxy) is 2. The van der Waals surface area contributed by atoms with Crippen LogP contribution in [0, 0.1) is 13.8 Å². The SMILES string of the molecule is Cc1ccc(C)c([C@H](C)NS(=O)(=O)c2ccc3c(c2)OCCO3)c1. The average Bonchev–Trinajstić information content (AvgIpc) is 2.56. The Morgan fingerprint density at radius 3 is 2.46 bits per heavy atom. The normalized spacial score (nSPS) is 15.1. The number of benzene rings is 2. The highest BCUT2D eigenvalue weighted by Crippen LogP contribution is 2.32. The first-order chi connectivity index (χ1) is 11.4. The quantitative estimate of drug-likeness (QED) is 0.923. The van der Waals surface area contributed by atoms with Gasteiger partial charge in [-0.05, 0) is 44.0 Å². The minimum atomic E-state index is -3.66. The molecule has 0 bridgehead atoms. The van der Waals surface area contributed by atoms with Gasteiger partial charge in [-0.2, -0.15) is 0 Å². The van der Waals surface area contributed by atoms with E-state index in [-0.39, 0.29) is 10.9 Å². The second kappa shape index (κ2) is 6.45. The molecule has 0 spiro atoms. The first kappa shape index (κ1) is 16.8. The molecule has 0 aromatic heterocycles. The highest BCUT2D eigenvalue weighted by molar-refractivity contribution is 7.89. The third-order valence-corrected chi connectivity index (χ3v) is 5.60. The zero-order valence-electron chi connectivity index (χ0n) is 14.0. The van der Waals surface area contributed by atoms with Crippen LogP contribution in [0.15, 0.2) is 41.3 Å². The van der Waals surface area contributed by atoms with E-state index in [1.807, 2.05) is 39.0 Å². The topological polar surface area (TPSA) is 64.6 Å². The molecular formula is C18H21NO4S. The molecule has 1 heterocycles. The lowest BCUT2D eigenvalue weighted by atomic mass is 10.0. The second-order valence-corrected chi connectivity index (χ2v) is 7.72. The maximum atomic E-state index is 12.7. The van der Waals surface area contributed by atoms with E-state index in [9.17, 15) is 8.42 Å². The number of sulfonamides is 1. The van der Waals surface area contributed by atoms with Gasteiger partial charge in [-0.25, -0.2) is 13.1 Å². The highest BCUT2D eigenvalue weighted by atomic mass is 32.2. The summed E-state index contributed by atoms with van der Waals surface area (Å²) in [5.41, 5.74) is 3.12. The molecule has 2 aromatic rings. The van der Waals surface area contributed by atoms with Crippen LogP contribution in [0.4, 0.5) is 0 Å². The van der Waals surface area contributed by atoms with Crippen molar-refractivity contribution in [2.24, 2.45) is 0 Å². The van der Waals surface area contributed by atoms with Gasteiger partial charge in [-0.15, -0.1) is 0 Å². The van der Waals surface area contributed by atoms with E-state index in [0.717, 1.165) is 16.7 Å². The van der Waals surface area contributed by atoms with E-state index in [1.54, 1.807) is 6.07 Å². The first-order valence-electron chi connectivity index (χ1n) is 7.86. The zero-order valence-corrected chi connectivity index (χ0v) is 14.8. The monoisotopic (exact) mass is 347 g/mol. The van der Waals surface area contributed by atoms with Gasteiger partial charge < -0.3 is 9.47 Å². The molecule has 0 fully saturated rings. The van der Waals surface area contributed by atoms with Gasteiger partial charge in [0.25, 0.3) is 0 Å². The molecule has 1 aliphatic rings. The zero-order chi connectivity index (χ0) is 17.3. The summed E-state index contributed by atoms with van der Waals surface area (Å²) in [7, 11) is -3.66. The number of nitrogens with one attached hydrogen (secondary N) is 1. The largest absolute Gasteiger partial charge is 0.486 e. The Kier molecular flexibility index (Phi) is 4.51. The summed E-state index contributed by atoms with van der Waals surface area (Å²) in [6.45, 7) is 6.70. The minimum absolute atomic E-state index is 0.170. The van der Waals surface area contributed by atoms with Crippen molar-refractivity contribution in [3.05, 3.63) is 53.1 Å². The molecule has 0 saturated carbocycles. The predicted molar refractivity (Wildman–Crippen MR) is 92.1 cm³/mol. The van der Waals surface area contributed by atoms with E-state index in [0.29, 0.717) is 24.7 Å². The maximum absolute atomic E-state index is 12.7. The number of fused-ring (bicyclic) bond motifs is 1. The molecular weight excluding hydrogens is 326 g/mol. The van der Waals surface area contributed by atoms with Crippen molar-refractivity contribution in [2.45, 2.75) is 31.7 Å². The lowest BCUT2D eigenvalue weighted by Gasteiger charge is -2.20. The van der Waals surface area contributed by atoms with Crippen LogP contribution in [0.2, 0.25) is 0 Å². The van der Waals surface area contributed by atoms with Gasteiger partial charge in [0.2, 0.25) is 10.0 Å². The molecule has 24 heavy (non-hydrogen) atoms. The fourth-order valence-corrected chi connectivity index (χ4v) is 4.02. The van der Waals surface area contributed by atoms with Crippen molar-refractivity contribution in [3.63, 3.8) is 0 Å². The van der Waals surface area contributed by atoms with Gasteiger partial charge in [0.15, 0.2) is 11.5 Å². The lowest BCUT2D eigenvalue weighted by Crippen LogP contribution is -2.27. The summed E-state index contributed by atoms with van der Waals surface area (Å²) < 4.78 is 39.0. The number of hydrogen-bond donors (Lipinski definition) is 1. The standard InChI is InChI=1S/C18H21NO4S/c1-12-4-5-13(2)16(10-12)14(3)19-24(20,21)15-6-7-17-18(11-15)23-9-8-22-17/h4-7,10-11,14,19H,8-9H2,1-3H3/t14-/m0/s1. The number of aryl methyl sites for hydroxylation is 2. The summed E-state index contributed by atoms with van der Waals surface area (Å²) in [6, 6.07) is 10.4. The summed E-state index contributed by atoms with van der Waals surface area (Å²) in [5, 5.41) is 0. The van der Waals surface area contributed by atoms with Gasteiger partial charge in [0, 0.05) is 12.1 Å². The Hall–Kier alpha value is -2.05. The first-order valence-corrected chi connectivity index (χ1v) is 9.34. The molecule has 0 amide bonds. The Morgan fingerprint density at radius 1 is 1.00 bits per heavy atom. The van der Waals surface area contributed by atoms with Gasteiger partial charge in [-0.3, -0.25) is 0 Å². The Morgan fingerprint density at radius 2 is 1.71 bits per heavy atom. The van der Waals surface area contributed by atoms with Gasteiger partial charge >= 0.3 is 0 Å². The third kappa shape index (κ3) is 3.39. The molecule has 0 aliphatic carbocycles. The average molecular weight is 347 g/mol. The van der Waals surface area contributed by atoms with Crippen LogP contribution in [-0.4, -0.2) is 21.6 Å². The molecule has 1 N–H and O–H groups in total. The molecule has 0 unspecified atom stereocenters. The molecule has 0 radical (unpaired) electrons. The van der Waals surface area contributed by atoms with E-state index in [2.05, 4.69) is 4.72 Å². The van der Waals surface area contributed by atoms with E-state index in [1.165, 1.54) is 12.1 Å². The van der Waals surface area contributed by atoms with Crippen molar-refractivity contribution in [1.29, 1.82) is 0 Å². The summed E-state index contributed by atoms with van der Waals surface area (Å²) in [6.07, 6.45) is 0. The van der Waals surface area contributed by atoms with Crippen molar-refractivity contribution < 1.29 is 17.9 Å².